The van der Waals surface area contributed by atoms with Gasteiger partial charge in [0.2, 0.25) is 0 Å². The smallest absolute Gasteiger partial charge is 0.136 e. The van der Waals surface area contributed by atoms with E-state index in [0.29, 0.717) is 5.75 Å². The van der Waals surface area contributed by atoms with Crippen LogP contribution >= 0.6 is 11.3 Å². The van der Waals surface area contributed by atoms with E-state index in [9.17, 15) is 5.11 Å². The number of ether oxygens (including phenoxy) is 1. The van der Waals surface area contributed by atoms with E-state index in [1.54, 1.807) is 0 Å². The lowest BCUT2D eigenvalue weighted by Gasteiger charge is -2.29. The lowest BCUT2D eigenvalue weighted by atomic mass is 9.81. The second kappa shape index (κ2) is 7.04. The Bertz CT molecular complexity index is 776. The molecule has 0 fully saturated rings. The second-order valence-electron chi connectivity index (χ2n) is 10.0. The standard InChI is InChI=1S/C22H34O2SSi/c1-15-10-20(25-13-15)26(8,9)14-24-19-12-16(21(2,3)4)18(23)11-17(19)22(5,6)7/h10-13,23H,14H2,1-9H3. The lowest BCUT2D eigenvalue weighted by molar-refractivity contribution is 0.360. The fourth-order valence-electron chi connectivity index (χ4n) is 2.99. The Kier molecular flexibility index (Phi) is 5.70. The van der Waals surface area contributed by atoms with Gasteiger partial charge in [-0.1, -0.05) is 54.6 Å². The van der Waals surface area contributed by atoms with E-state index in [4.69, 9.17) is 4.74 Å². The van der Waals surface area contributed by atoms with Crippen LogP contribution in [0, 0.1) is 6.92 Å². The minimum atomic E-state index is -1.67. The van der Waals surface area contributed by atoms with E-state index in [1.165, 1.54) is 10.1 Å². The van der Waals surface area contributed by atoms with Crippen LogP contribution in [0.1, 0.15) is 58.2 Å². The molecule has 1 N–H and O–H groups in total. The maximum atomic E-state index is 10.6. The minimum Gasteiger partial charge on any atom is -0.508 e. The molecule has 0 bridgehead atoms. The first kappa shape index (κ1) is 21.0. The van der Waals surface area contributed by atoms with Crippen LogP contribution in [-0.4, -0.2) is 19.4 Å². The van der Waals surface area contributed by atoms with E-state index < -0.39 is 8.07 Å². The van der Waals surface area contributed by atoms with Crippen LogP contribution in [0.25, 0.3) is 0 Å². The summed E-state index contributed by atoms with van der Waals surface area (Å²) in [4.78, 5) is 0. The van der Waals surface area contributed by atoms with Gasteiger partial charge in [-0.05, 0) is 51.4 Å². The van der Waals surface area contributed by atoms with Gasteiger partial charge in [-0.25, -0.2) is 0 Å². The quantitative estimate of drug-likeness (QED) is 0.659. The molecule has 0 spiro atoms. The molecule has 0 unspecified atom stereocenters. The average molecular weight is 391 g/mol. The molecule has 0 aliphatic heterocycles. The topological polar surface area (TPSA) is 29.5 Å². The summed E-state index contributed by atoms with van der Waals surface area (Å²) in [6, 6.07) is 6.27. The van der Waals surface area contributed by atoms with Gasteiger partial charge in [0.05, 0.1) is 6.23 Å². The largest absolute Gasteiger partial charge is 0.508 e. The van der Waals surface area contributed by atoms with Crippen LogP contribution < -0.4 is 9.24 Å². The molecule has 0 aliphatic carbocycles. The minimum absolute atomic E-state index is 0.0888. The van der Waals surface area contributed by atoms with Crippen molar-refractivity contribution in [3.8, 4) is 11.5 Å². The number of hydrogen-bond acceptors (Lipinski definition) is 3. The Labute approximate surface area is 164 Å². The third kappa shape index (κ3) is 4.71. The summed E-state index contributed by atoms with van der Waals surface area (Å²) in [5, 5.41) is 12.8. The first-order chi connectivity index (χ1) is 11.7. The van der Waals surface area contributed by atoms with E-state index in [-0.39, 0.29) is 10.8 Å². The molecule has 0 radical (unpaired) electrons. The van der Waals surface area contributed by atoms with Gasteiger partial charge in [-0.2, -0.15) is 11.3 Å². The number of aromatic hydroxyl groups is 1. The molecule has 144 valence electrons. The molecule has 2 aromatic rings. The molecule has 0 saturated heterocycles. The van der Waals surface area contributed by atoms with Gasteiger partial charge >= 0.3 is 0 Å². The predicted molar refractivity (Wildman–Crippen MR) is 117 cm³/mol. The van der Waals surface area contributed by atoms with E-state index in [0.717, 1.165) is 23.1 Å². The zero-order valence-electron chi connectivity index (χ0n) is 17.8. The number of aryl methyl sites for hydroxylation is 1. The van der Waals surface area contributed by atoms with Crippen LogP contribution in [0.3, 0.4) is 0 Å². The van der Waals surface area contributed by atoms with Crippen molar-refractivity contribution in [2.45, 2.75) is 72.4 Å². The Balaban J connectivity index is 2.40. The number of thiophene rings is 1. The van der Waals surface area contributed by atoms with Crippen molar-refractivity contribution in [3.63, 3.8) is 0 Å². The Morgan fingerprint density at radius 2 is 1.54 bits per heavy atom. The molecular formula is C22H34O2SSi. The third-order valence-corrected chi connectivity index (χ3v) is 9.92. The maximum Gasteiger partial charge on any atom is 0.136 e. The fraction of sp³-hybridized carbons (Fsp3) is 0.545. The van der Waals surface area contributed by atoms with Gasteiger partial charge in [0.1, 0.15) is 19.6 Å². The first-order valence-corrected chi connectivity index (χ1v) is 13.4. The highest BCUT2D eigenvalue weighted by Gasteiger charge is 2.30. The number of hydrogen-bond donors (Lipinski definition) is 1. The van der Waals surface area contributed by atoms with Crippen molar-refractivity contribution >= 4 is 23.9 Å². The van der Waals surface area contributed by atoms with Crippen molar-refractivity contribution < 1.29 is 9.84 Å². The zero-order valence-corrected chi connectivity index (χ0v) is 19.6. The van der Waals surface area contributed by atoms with Gasteiger partial charge in [0, 0.05) is 11.1 Å². The molecular weight excluding hydrogens is 356 g/mol. The van der Waals surface area contributed by atoms with Gasteiger partial charge in [0.25, 0.3) is 0 Å². The fourth-order valence-corrected chi connectivity index (χ4v) is 6.53. The van der Waals surface area contributed by atoms with Crippen LogP contribution in [0.2, 0.25) is 13.1 Å². The van der Waals surface area contributed by atoms with E-state index >= 15 is 0 Å². The average Bonchev–Trinajstić information content (AvgIpc) is 2.91. The number of rotatable bonds is 4. The van der Waals surface area contributed by atoms with Crippen LogP contribution in [0.4, 0.5) is 0 Å². The predicted octanol–water partition coefficient (Wildman–Crippen LogP) is 5.89. The summed E-state index contributed by atoms with van der Waals surface area (Å²) in [5.41, 5.74) is 3.12. The van der Waals surface area contributed by atoms with Crippen molar-refractivity contribution in [1.82, 2.24) is 0 Å². The van der Waals surface area contributed by atoms with Crippen molar-refractivity contribution in [1.29, 1.82) is 0 Å². The highest BCUT2D eigenvalue weighted by molar-refractivity contribution is 7.25. The highest BCUT2D eigenvalue weighted by Crippen LogP contribution is 2.40. The van der Waals surface area contributed by atoms with E-state index in [2.05, 4.69) is 79.1 Å². The highest BCUT2D eigenvalue weighted by atomic mass is 32.1. The Hall–Kier alpha value is -1.26. The van der Waals surface area contributed by atoms with Crippen molar-refractivity contribution in [2.24, 2.45) is 0 Å². The SMILES string of the molecule is Cc1csc([Si](C)(C)COc2cc(C(C)(C)C)c(O)cc2C(C)(C)C)c1. The molecule has 1 aromatic heterocycles. The molecule has 0 saturated carbocycles. The maximum absolute atomic E-state index is 10.6. The summed E-state index contributed by atoms with van der Waals surface area (Å²) in [6.45, 7) is 19.7. The summed E-state index contributed by atoms with van der Waals surface area (Å²) in [6.07, 6.45) is 0.740. The normalized spacial score (nSPS) is 13.1. The van der Waals surface area contributed by atoms with Gasteiger partial charge in [-0.3, -0.25) is 0 Å². The molecule has 0 amide bonds. The van der Waals surface area contributed by atoms with Crippen molar-refractivity contribution in [2.75, 3.05) is 6.23 Å². The van der Waals surface area contributed by atoms with Crippen molar-refractivity contribution in [3.05, 3.63) is 40.3 Å². The summed E-state index contributed by atoms with van der Waals surface area (Å²) < 4.78 is 7.91. The van der Waals surface area contributed by atoms with Crippen LogP contribution in [-0.2, 0) is 10.8 Å². The molecule has 1 aromatic carbocycles. The number of benzene rings is 1. The van der Waals surface area contributed by atoms with Crippen LogP contribution in [0.5, 0.6) is 11.5 Å². The Morgan fingerprint density at radius 1 is 0.962 bits per heavy atom. The summed E-state index contributed by atoms with van der Waals surface area (Å²) in [7, 11) is -1.67. The first-order valence-electron chi connectivity index (χ1n) is 9.28. The van der Waals surface area contributed by atoms with Crippen LogP contribution in [0.15, 0.2) is 23.6 Å². The monoisotopic (exact) mass is 390 g/mol. The number of phenols is 1. The molecule has 2 nitrogen and oxygen atoms in total. The second-order valence-corrected chi connectivity index (χ2v) is 15.9. The molecule has 0 atom stereocenters. The van der Waals surface area contributed by atoms with E-state index in [1.807, 2.05) is 17.4 Å². The van der Waals surface area contributed by atoms with Gasteiger partial charge in [-0.15, -0.1) is 0 Å². The third-order valence-electron chi connectivity index (χ3n) is 4.70. The Morgan fingerprint density at radius 3 is 2.00 bits per heavy atom. The van der Waals surface area contributed by atoms with Gasteiger partial charge < -0.3 is 9.84 Å². The molecule has 1 heterocycles. The molecule has 4 heteroatoms. The lowest BCUT2D eigenvalue weighted by Crippen LogP contribution is -2.46. The summed E-state index contributed by atoms with van der Waals surface area (Å²) in [5.74, 6) is 1.27. The number of phenolic OH excluding ortho intramolecular Hbond substituents is 1. The summed E-state index contributed by atoms with van der Waals surface area (Å²) >= 11 is 1.85. The molecule has 26 heavy (non-hydrogen) atoms. The van der Waals surface area contributed by atoms with Gasteiger partial charge in [0.15, 0.2) is 0 Å². The zero-order chi connectivity index (χ0) is 19.9. The molecule has 0 aliphatic rings. The molecule has 2 rings (SSSR count).